The van der Waals surface area contributed by atoms with Gasteiger partial charge in [-0.2, -0.15) is 0 Å². The summed E-state index contributed by atoms with van der Waals surface area (Å²) >= 11 is 0. The molecule has 1 atom stereocenters. The maximum Gasteiger partial charge on any atom is 0.276 e. The Morgan fingerprint density at radius 3 is 2.78 bits per heavy atom. The minimum Gasteiger partial charge on any atom is -0.383 e. The number of nitrogens with two attached hydrogens (primary N) is 1. The van der Waals surface area contributed by atoms with E-state index >= 15 is 0 Å². The molecule has 1 aromatic heterocycles. The van der Waals surface area contributed by atoms with Crippen molar-refractivity contribution in [1.82, 2.24) is 4.98 Å². The number of rotatable bonds is 4. The van der Waals surface area contributed by atoms with Gasteiger partial charge in [-0.25, -0.2) is 4.98 Å². The molecule has 3 N–H and O–H groups in total. The number of nitrogen functional groups attached to an aromatic ring is 1. The number of nitro groups is 1. The zero-order valence-corrected chi connectivity index (χ0v) is 10.4. The topological polar surface area (TPSA) is 94.1 Å². The first-order valence-electron chi connectivity index (χ1n) is 6.25. The number of aromatic nitrogens is 1. The fourth-order valence-corrected chi connectivity index (χ4v) is 2.52. The van der Waals surface area contributed by atoms with Gasteiger partial charge in [0.15, 0.2) is 0 Å². The third-order valence-electron chi connectivity index (χ3n) is 3.52. The monoisotopic (exact) mass is 250 g/mol. The largest absolute Gasteiger partial charge is 0.383 e. The summed E-state index contributed by atoms with van der Waals surface area (Å²) in [6.07, 6.45) is 4.94. The summed E-state index contributed by atoms with van der Waals surface area (Å²) in [6.45, 7) is 2.09. The zero-order valence-electron chi connectivity index (χ0n) is 10.4. The Balaban J connectivity index is 2.10. The first-order chi connectivity index (χ1) is 8.56. The normalized spacial score (nSPS) is 17.6. The maximum absolute atomic E-state index is 10.7. The molecule has 98 valence electrons. The maximum atomic E-state index is 10.7. The summed E-state index contributed by atoms with van der Waals surface area (Å²) in [5.74, 6) is 1.28. The van der Waals surface area contributed by atoms with Gasteiger partial charge >= 0.3 is 0 Å². The van der Waals surface area contributed by atoms with Gasteiger partial charge in [0.25, 0.3) is 5.69 Å². The van der Waals surface area contributed by atoms with E-state index in [4.69, 9.17) is 5.73 Å². The molecule has 1 fully saturated rings. The van der Waals surface area contributed by atoms with E-state index in [1.54, 1.807) is 0 Å². The Morgan fingerprint density at radius 1 is 1.50 bits per heavy atom. The van der Waals surface area contributed by atoms with Crippen LogP contribution in [0.3, 0.4) is 0 Å². The molecule has 0 radical (unpaired) electrons. The third-order valence-corrected chi connectivity index (χ3v) is 3.52. The molecular formula is C12H18N4O2. The lowest BCUT2D eigenvalue weighted by molar-refractivity contribution is -0.384. The van der Waals surface area contributed by atoms with E-state index in [0.717, 1.165) is 0 Å². The second kappa shape index (κ2) is 5.20. The van der Waals surface area contributed by atoms with Crippen LogP contribution in [0, 0.1) is 16.0 Å². The molecule has 1 aromatic rings. The van der Waals surface area contributed by atoms with Crippen molar-refractivity contribution in [1.29, 1.82) is 0 Å². The molecule has 1 heterocycles. The molecule has 0 saturated heterocycles. The van der Waals surface area contributed by atoms with E-state index in [-0.39, 0.29) is 17.5 Å². The zero-order chi connectivity index (χ0) is 13.1. The molecule has 1 unspecified atom stereocenters. The summed E-state index contributed by atoms with van der Waals surface area (Å²) < 4.78 is 0. The van der Waals surface area contributed by atoms with Crippen LogP contribution in [-0.2, 0) is 0 Å². The molecule has 6 heteroatoms. The van der Waals surface area contributed by atoms with Crippen LogP contribution in [-0.4, -0.2) is 15.9 Å². The van der Waals surface area contributed by atoms with Crippen LogP contribution in [0.5, 0.6) is 0 Å². The molecule has 18 heavy (non-hydrogen) atoms. The second-order valence-electron chi connectivity index (χ2n) is 4.87. The minimum absolute atomic E-state index is 0.0244. The SMILES string of the molecule is CC(Nc1cc([N+](=O)[O-])cc(N)n1)C1CCCC1. The highest BCUT2D eigenvalue weighted by Crippen LogP contribution is 2.29. The molecule has 0 amide bonds. The van der Waals surface area contributed by atoms with Crippen LogP contribution < -0.4 is 11.1 Å². The number of pyridine rings is 1. The Hall–Kier alpha value is -1.85. The fraction of sp³-hybridized carbons (Fsp3) is 0.583. The van der Waals surface area contributed by atoms with Gasteiger partial charge in [0.05, 0.1) is 17.1 Å². The van der Waals surface area contributed by atoms with Crippen molar-refractivity contribution in [2.75, 3.05) is 11.1 Å². The van der Waals surface area contributed by atoms with E-state index in [2.05, 4.69) is 17.2 Å². The van der Waals surface area contributed by atoms with Crippen LogP contribution in [0.4, 0.5) is 17.3 Å². The summed E-state index contributed by atoms with van der Waals surface area (Å²) in [5.41, 5.74) is 5.55. The van der Waals surface area contributed by atoms with Crippen molar-refractivity contribution in [3.8, 4) is 0 Å². The fourth-order valence-electron chi connectivity index (χ4n) is 2.52. The average Bonchev–Trinajstić information content (AvgIpc) is 2.81. The quantitative estimate of drug-likeness (QED) is 0.632. The van der Waals surface area contributed by atoms with Gasteiger partial charge in [-0.3, -0.25) is 10.1 Å². The Labute approximate surface area is 106 Å². The Morgan fingerprint density at radius 2 is 2.17 bits per heavy atom. The van der Waals surface area contributed by atoms with E-state index in [0.29, 0.717) is 11.7 Å². The van der Waals surface area contributed by atoms with Gasteiger partial charge in [-0.15, -0.1) is 0 Å². The van der Waals surface area contributed by atoms with E-state index in [1.807, 2.05) is 0 Å². The van der Waals surface area contributed by atoms with Crippen LogP contribution in [0.1, 0.15) is 32.6 Å². The second-order valence-corrected chi connectivity index (χ2v) is 4.87. The summed E-state index contributed by atoms with van der Waals surface area (Å²) in [5, 5.41) is 14.0. The van der Waals surface area contributed by atoms with Crippen molar-refractivity contribution in [3.63, 3.8) is 0 Å². The van der Waals surface area contributed by atoms with Crippen molar-refractivity contribution in [2.24, 2.45) is 5.92 Å². The summed E-state index contributed by atoms with van der Waals surface area (Å²) in [4.78, 5) is 14.4. The average molecular weight is 250 g/mol. The number of nitrogens with one attached hydrogen (secondary N) is 1. The van der Waals surface area contributed by atoms with Crippen LogP contribution in [0.15, 0.2) is 12.1 Å². The number of anilines is 2. The van der Waals surface area contributed by atoms with E-state index in [1.165, 1.54) is 37.8 Å². The van der Waals surface area contributed by atoms with Crippen molar-refractivity contribution >= 4 is 17.3 Å². The predicted molar refractivity (Wildman–Crippen MR) is 70.3 cm³/mol. The van der Waals surface area contributed by atoms with Gasteiger partial charge in [-0.1, -0.05) is 12.8 Å². The Bertz CT molecular complexity index is 444. The highest BCUT2D eigenvalue weighted by molar-refractivity contribution is 5.53. The first kappa shape index (κ1) is 12.6. The lowest BCUT2D eigenvalue weighted by Crippen LogP contribution is -2.24. The van der Waals surface area contributed by atoms with Gasteiger partial charge in [0.2, 0.25) is 0 Å². The Kier molecular flexibility index (Phi) is 3.64. The molecule has 1 aliphatic rings. The molecule has 0 aromatic carbocycles. The van der Waals surface area contributed by atoms with E-state index < -0.39 is 4.92 Å². The van der Waals surface area contributed by atoms with Crippen molar-refractivity contribution in [3.05, 3.63) is 22.2 Å². The number of hydrogen-bond acceptors (Lipinski definition) is 5. The van der Waals surface area contributed by atoms with Crippen LogP contribution in [0.25, 0.3) is 0 Å². The minimum atomic E-state index is -0.455. The van der Waals surface area contributed by atoms with Gasteiger partial charge in [-0.05, 0) is 25.7 Å². The van der Waals surface area contributed by atoms with Crippen LogP contribution in [0.2, 0.25) is 0 Å². The third kappa shape index (κ3) is 2.88. The molecule has 1 saturated carbocycles. The predicted octanol–water partition coefficient (Wildman–Crippen LogP) is 2.56. The van der Waals surface area contributed by atoms with Crippen molar-refractivity contribution < 1.29 is 4.92 Å². The lowest BCUT2D eigenvalue weighted by Gasteiger charge is -2.20. The number of nitrogens with zero attached hydrogens (tertiary/aromatic N) is 2. The van der Waals surface area contributed by atoms with Gasteiger partial charge in [0.1, 0.15) is 11.6 Å². The summed E-state index contributed by atoms with van der Waals surface area (Å²) in [6, 6.07) is 2.97. The summed E-state index contributed by atoms with van der Waals surface area (Å²) in [7, 11) is 0. The molecule has 0 bridgehead atoms. The molecular weight excluding hydrogens is 232 g/mol. The molecule has 0 spiro atoms. The highest BCUT2D eigenvalue weighted by atomic mass is 16.6. The standard InChI is InChI=1S/C12H18N4O2/c1-8(9-4-2-3-5-9)14-12-7-10(16(17)18)6-11(13)15-12/h6-9H,2-5H2,1H3,(H3,13,14,15). The first-order valence-corrected chi connectivity index (χ1v) is 6.25. The van der Waals surface area contributed by atoms with E-state index in [9.17, 15) is 10.1 Å². The van der Waals surface area contributed by atoms with Gasteiger partial charge in [0, 0.05) is 6.04 Å². The molecule has 0 aliphatic heterocycles. The van der Waals surface area contributed by atoms with Crippen LogP contribution >= 0.6 is 0 Å². The number of hydrogen-bond donors (Lipinski definition) is 2. The lowest BCUT2D eigenvalue weighted by atomic mass is 10.00. The highest BCUT2D eigenvalue weighted by Gasteiger charge is 2.22. The van der Waals surface area contributed by atoms with Crippen molar-refractivity contribution in [2.45, 2.75) is 38.6 Å². The van der Waals surface area contributed by atoms with Gasteiger partial charge < -0.3 is 11.1 Å². The molecule has 1 aliphatic carbocycles. The smallest absolute Gasteiger partial charge is 0.276 e. The molecule has 2 rings (SSSR count). The molecule has 6 nitrogen and oxygen atoms in total.